The van der Waals surface area contributed by atoms with Crippen molar-refractivity contribution in [2.24, 2.45) is 0 Å². The topological polar surface area (TPSA) is 99.5 Å². The minimum atomic E-state index is -0.403. The molecule has 0 aliphatic heterocycles. The van der Waals surface area contributed by atoms with Crippen LogP contribution in [0.15, 0.2) is 29.1 Å². The van der Waals surface area contributed by atoms with E-state index in [1.807, 2.05) is 6.07 Å². The van der Waals surface area contributed by atoms with E-state index in [1.54, 1.807) is 32.2 Å². The van der Waals surface area contributed by atoms with Crippen molar-refractivity contribution in [1.82, 2.24) is 15.1 Å². The smallest absolute Gasteiger partial charge is 0.306 e. The molecule has 8 heteroatoms. The molecule has 2 rings (SSSR count). The Hall–Kier alpha value is -2.74. The third-order valence-electron chi connectivity index (χ3n) is 3.77. The molecular formula is C18H23N3O5. The summed E-state index contributed by atoms with van der Waals surface area (Å²) in [4.78, 5) is 35.7. The number of aromatic nitrogens is 2. The van der Waals surface area contributed by atoms with Crippen molar-refractivity contribution in [2.45, 2.75) is 32.9 Å². The third kappa shape index (κ3) is 5.13. The van der Waals surface area contributed by atoms with Gasteiger partial charge in [0.2, 0.25) is 5.91 Å². The second-order valence-electron chi connectivity index (χ2n) is 5.60. The van der Waals surface area contributed by atoms with Crippen LogP contribution in [-0.2, 0) is 32.2 Å². The summed E-state index contributed by atoms with van der Waals surface area (Å²) in [6.07, 6.45) is 0.0707. The molecule has 1 aromatic heterocycles. The number of esters is 1. The molecule has 0 unspecified atom stereocenters. The lowest BCUT2D eigenvalue weighted by atomic mass is 10.1. The van der Waals surface area contributed by atoms with Gasteiger partial charge in [-0.05, 0) is 13.0 Å². The maximum Gasteiger partial charge on any atom is 0.306 e. The summed E-state index contributed by atoms with van der Waals surface area (Å²) in [6.45, 7) is 2.85. The van der Waals surface area contributed by atoms with Crippen molar-refractivity contribution in [2.75, 3.05) is 20.3 Å². The van der Waals surface area contributed by atoms with Gasteiger partial charge in [0.15, 0.2) is 0 Å². The molecule has 140 valence electrons. The SMILES string of the molecule is CCOC(=O)CCC(=O)NCc1nn(CCOC)c(=O)c2ccccc12. The zero-order valence-electron chi connectivity index (χ0n) is 15.0. The van der Waals surface area contributed by atoms with Crippen molar-refractivity contribution in [3.8, 4) is 0 Å². The first kappa shape index (κ1) is 19.6. The number of benzene rings is 1. The van der Waals surface area contributed by atoms with E-state index in [-0.39, 0.29) is 30.9 Å². The second-order valence-corrected chi connectivity index (χ2v) is 5.60. The normalized spacial score (nSPS) is 10.7. The Morgan fingerprint density at radius 1 is 1.19 bits per heavy atom. The Kier molecular flexibility index (Phi) is 7.28. The Morgan fingerprint density at radius 2 is 1.92 bits per heavy atom. The first-order chi connectivity index (χ1) is 12.6. The molecule has 1 aromatic carbocycles. The number of hydrogen-bond acceptors (Lipinski definition) is 6. The van der Waals surface area contributed by atoms with Crippen LogP contribution < -0.4 is 10.9 Å². The number of nitrogens with zero attached hydrogens (tertiary/aromatic N) is 2. The molecule has 0 bridgehead atoms. The van der Waals surface area contributed by atoms with E-state index in [9.17, 15) is 14.4 Å². The molecule has 1 amide bonds. The fraction of sp³-hybridized carbons (Fsp3) is 0.444. The van der Waals surface area contributed by atoms with Crippen molar-refractivity contribution >= 4 is 22.6 Å². The number of hydrogen-bond donors (Lipinski definition) is 1. The molecule has 0 atom stereocenters. The van der Waals surface area contributed by atoms with E-state index < -0.39 is 5.97 Å². The van der Waals surface area contributed by atoms with Gasteiger partial charge in [0.05, 0.1) is 43.8 Å². The fourth-order valence-electron chi connectivity index (χ4n) is 2.48. The minimum absolute atomic E-state index is 0.0290. The highest BCUT2D eigenvalue weighted by atomic mass is 16.5. The Balaban J connectivity index is 2.13. The van der Waals surface area contributed by atoms with Gasteiger partial charge in [-0.3, -0.25) is 14.4 Å². The summed E-state index contributed by atoms with van der Waals surface area (Å²) in [5, 5.41) is 8.32. The zero-order chi connectivity index (χ0) is 18.9. The molecule has 26 heavy (non-hydrogen) atoms. The summed E-state index contributed by atoms with van der Waals surface area (Å²) in [5.41, 5.74) is 0.385. The number of fused-ring (bicyclic) bond motifs is 1. The molecule has 0 fully saturated rings. The summed E-state index contributed by atoms with van der Waals surface area (Å²) in [5.74, 6) is -0.682. The van der Waals surface area contributed by atoms with Crippen LogP contribution in [0.25, 0.3) is 10.8 Å². The Labute approximate surface area is 151 Å². The van der Waals surface area contributed by atoms with Crippen molar-refractivity contribution in [3.05, 3.63) is 40.3 Å². The Morgan fingerprint density at radius 3 is 2.62 bits per heavy atom. The molecule has 1 heterocycles. The molecule has 0 radical (unpaired) electrons. The maximum atomic E-state index is 12.5. The molecule has 1 N–H and O–H groups in total. The van der Waals surface area contributed by atoms with Crippen LogP contribution in [0.2, 0.25) is 0 Å². The molecule has 2 aromatic rings. The van der Waals surface area contributed by atoms with Gasteiger partial charge >= 0.3 is 5.97 Å². The molecule has 8 nitrogen and oxygen atoms in total. The first-order valence-corrected chi connectivity index (χ1v) is 8.46. The van der Waals surface area contributed by atoms with Crippen LogP contribution in [0.4, 0.5) is 0 Å². The van der Waals surface area contributed by atoms with Crippen molar-refractivity contribution in [1.29, 1.82) is 0 Å². The van der Waals surface area contributed by atoms with E-state index in [0.717, 1.165) is 0 Å². The second kappa shape index (κ2) is 9.67. The highest BCUT2D eigenvalue weighted by molar-refractivity contribution is 5.84. The summed E-state index contributed by atoms with van der Waals surface area (Å²) in [7, 11) is 1.55. The van der Waals surface area contributed by atoms with Crippen LogP contribution >= 0.6 is 0 Å². The zero-order valence-corrected chi connectivity index (χ0v) is 15.0. The lowest BCUT2D eigenvalue weighted by Gasteiger charge is -2.11. The highest BCUT2D eigenvalue weighted by Crippen LogP contribution is 2.13. The number of nitrogens with one attached hydrogen (secondary N) is 1. The summed E-state index contributed by atoms with van der Waals surface area (Å²) in [6, 6.07) is 7.13. The number of carbonyl (C=O) groups is 2. The van der Waals surface area contributed by atoms with E-state index in [2.05, 4.69) is 10.4 Å². The van der Waals surface area contributed by atoms with Crippen LogP contribution in [0.1, 0.15) is 25.5 Å². The van der Waals surface area contributed by atoms with Gasteiger partial charge in [-0.2, -0.15) is 5.10 Å². The summed E-state index contributed by atoms with van der Waals surface area (Å²) >= 11 is 0. The van der Waals surface area contributed by atoms with Crippen molar-refractivity contribution < 1.29 is 19.1 Å². The van der Waals surface area contributed by atoms with Gasteiger partial charge in [0, 0.05) is 18.9 Å². The van der Waals surface area contributed by atoms with Crippen LogP contribution in [0.5, 0.6) is 0 Å². The summed E-state index contributed by atoms with van der Waals surface area (Å²) < 4.78 is 11.1. The highest BCUT2D eigenvalue weighted by Gasteiger charge is 2.12. The van der Waals surface area contributed by atoms with Crippen LogP contribution in [0.3, 0.4) is 0 Å². The van der Waals surface area contributed by atoms with Gasteiger partial charge < -0.3 is 14.8 Å². The number of rotatable bonds is 9. The van der Waals surface area contributed by atoms with E-state index in [0.29, 0.717) is 36.2 Å². The van der Waals surface area contributed by atoms with Crippen LogP contribution in [0, 0.1) is 0 Å². The van der Waals surface area contributed by atoms with Crippen molar-refractivity contribution in [3.63, 3.8) is 0 Å². The molecule has 0 saturated heterocycles. The van der Waals surface area contributed by atoms with Gasteiger partial charge in [-0.25, -0.2) is 4.68 Å². The quantitative estimate of drug-likeness (QED) is 0.669. The number of amides is 1. The lowest BCUT2D eigenvalue weighted by Crippen LogP contribution is -2.29. The van der Waals surface area contributed by atoms with Gasteiger partial charge in [0.25, 0.3) is 5.56 Å². The van der Waals surface area contributed by atoms with Gasteiger partial charge in [-0.1, -0.05) is 18.2 Å². The number of carbonyl (C=O) groups excluding carboxylic acids is 2. The first-order valence-electron chi connectivity index (χ1n) is 8.46. The average Bonchev–Trinajstić information content (AvgIpc) is 2.65. The van der Waals surface area contributed by atoms with E-state index in [1.165, 1.54) is 4.68 Å². The lowest BCUT2D eigenvalue weighted by molar-refractivity contribution is -0.144. The minimum Gasteiger partial charge on any atom is -0.466 e. The third-order valence-corrected chi connectivity index (χ3v) is 3.77. The fourth-order valence-corrected chi connectivity index (χ4v) is 2.48. The monoisotopic (exact) mass is 361 g/mol. The molecular weight excluding hydrogens is 338 g/mol. The molecule has 0 aliphatic carbocycles. The molecule has 0 aliphatic rings. The average molecular weight is 361 g/mol. The predicted octanol–water partition coefficient (Wildman–Crippen LogP) is 1.00. The number of ether oxygens (including phenoxy) is 2. The number of methoxy groups -OCH3 is 1. The predicted molar refractivity (Wildman–Crippen MR) is 95.6 cm³/mol. The van der Waals surface area contributed by atoms with E-state index in [4.69, 9.17) is 9.47 Å². The standard InChI is InChI=1S/C18H23N3O5/c1-3-26-17(23)9-8-16(22)19-12-15-13-6-4-5-7-14(13)18(24)21(20-15)10-11-25-2/h4-7H,3,8-12H2,1-2H3,(H,19,22). The van der Waals surface area contributed by atoms with Crippen LogP contribution in [-0.4, -0.2) is 42.0 Å². The van der Waals surface area contributed by atoms with E-state index >= 15 is 0 Å². The van der Waals surface area contributed by atoms with Gasteiger partial charge in [-0.15, -0.1) is 0 Å². The largest absolute Gasteiger partial charge is 0.466 e. The maximum absolute atomic E-state index is 12.5. The molecule has 0 saturated carbocycles. The molecule has 0 spiro atoms. The Bertz CT molecular complexity index is 831. The van der Waals surface area contributed by atoms with Gasteiger partial charge in [0.1, 0.15) is 0 Å².